The molecule has 1 aromatic carbocycles. The topological polar surface area (TPSA) is 52.6 Å². The molecule has 0 saturated heterocycles. The molecule has 0 aromatic heterocycles. The summed E-state index contributed by atoms with van der Waals surface area (Å²) in [5.74, 6) is -2.19. The maximum Gasteiger partial charge on any atom is 0.417 e. The lowest BCUT2D eigenvalue weighted by Gasteiger charge is -2.15. The van der Waals surface area contributed by atoms with Crippen LogP contribution >= 0.6 is 7.60 Å². The van der Waals surface area contributed by atoms with Crippen LogP contribution in [0.1, 0.15) is 15.9 Å². The number of alkyl halides is 3. The summed E-state index contributed by atoms with van der Waals surface area (Å²) in [5.41, 5.74) is -2.21. The molecule has 0 saturated carbocycles. The van der Waals surface area contributed by atoms with Gasteiger partial charge in [-0.05, 0) is 18.2 Å². The predicted molar refractivity (Wildman–Crippen MR) is 62.2 cm³/mol. The molecular weight excluding hydrogens is 303 g/mol. The van der Waals surface area contributed by atoms with E-state index in [4.69, 9.17) is 0 Å². The predicted octanol–water partition coefficient (Wildman–Crippen LogP) is 3.51. The molecule has 0 atom stereocenters. The van der Waals surface area contributed by atoms with Gasteiger partial charge in [-0.1, -0.05) is 0 Å². The Balaban J connectivity index is 3.22. The summed E-state index contributed by atoms with van der Waals surface area (Å²) in [6.45, 7) is 0. The summed E-state index contributed by atoms with van der Waals surface area (Å²) in [6.07, 6.45) is -5.74. The minimum absolute atomic E-state index is 0.445. The lowest BCUT2D eigenvalue weighted by molar-refractivity contribution is -0.137. The zero-order valence-corrected chi connectivity index (χ0v) is 11.4. The van der Waals surface area contributed by atoms with Crippen molar-refractivity contribution < 1.29 is 36.0 Å². The highest BCUT2D eigenvalue weighted by molar-refractivity contribution is 7.54. The van der Waals surface area contributed by atoms with E-state index in [2.05, 4.69) is 9.05 Å². The third-order valence-corrected chi connectivity index (χ3v) is 4.27. The first-order chi connectivity index (χ1) is 9.13. The molecule has 0 amide bonds. The Morgan fingerprint density at radius 1 is 1.25 bits per heavy atom. The first kappa shape index (κ1) is 16.8. The van der Waals surface area contributed by atoms with Crippen LogP contribution in [0.25, 0.3) is 0 Å². The number of carbonyl (C=O) groups is 1. The fraction of sp³-hybridized carbons (Fsp3) is 0.364. The minimum atomic E-state index is -4.83. The first-order valence-electron chi connectivity index (χ1n) is 5.23. The van der Waals surface area contributed by atoms with E-state index in [1.54, 1.807) is 0 Å². The Kier molecular flexibility index (Phi) is 5.07. The molecule has 0 N–H and O–H groups in total. The molecule has 20 heavy (non-hydrogen) atoms. The largest absolute Gasteiger partial charge is 0.417 e. The average Bonchev–Trinajstić information content (AvgIpc) is 2.37. The molecule has 0 fully saturated rings. The van der Waals surface area contributed by atoms with Crippen LogP contribution in [0.2, 0.25) is 0 Å². The monoisotopic (exact) mass is 314 g/mol. The van der Waals surface area contributed by atoms with Gasteiger partial charge < -0.3 is 9.05 Å². The SMILES string of the molecule is COP(=O)(CC(=O)c1cc(F)ccc1C(F)(F)F)OC. The van der Waals surface area contributed by atoms with Gasteiger partial charge in [-0.15, -0.1) is 0 Å². The van der Waals surface area contributed by atoms with Gasteiger partial charge in [0, 0.05) is 19.8 Å². The smallest absolute Gasteiger partial charge is 0.312 e. The third-order valence-electron chi connectivity index (χ3n) is 2.48. The number of benzene rings is 1. The maximum absolute atomic E-state index is 13.0. The summed E-state index contributed by atoms with van der Waals surface area (Å²) < 4.78 is 71.9. The fourth-order valence-electron chi connectivity index (χ4n) is 1.46. The van der Waals surface area contributed by atoms with Crippen molar-refractivity contribution in [1.29, 1.82) is 0 Å². The van der Waals surface area contributed by atoms with E-state index in [-0.39, 0.29) is 0 Å². The van der Waals surface area contributed by atoms with Crippen molar-refractivity contribution >= 4 is 13.4 Å². The van der Waals surface area contributed by atoms with E-state index in [0.717, 1.165) is 14.2 Å². The van der Waals surface area contributed by atoms with Crippen molar-refractivity contribution in [3.63, 3.8) is 0 Å². The number of halogens is 4. The van der Waals surface area contributed by atoms with E-state index in [1.807, 2.05) is 0 Å². The zero-order chi connectivity index (χ0) is 15.6. The first-order valence-corrected chi connectivity index (χ1v) is 6.96. The Morgan fingerprint density at radius 3 is 2.25 bits per heavy atom. The van der Waals surface area contributed by atoms with Crippen LogP contribution in [0.15, 0.2) is 18.2 Å². The zero-order valence-electron chi connectivity index (χ0n) is 10.5. The van der Waals surface area contributed by atoms with Crippen LogP contribution in [0.3, 0.4) is 0 Å². The lowest BCUT2D eigenvalue weighted by Crippen LogP contribution is -2.16. The van der Waals surface area contributed by atoms with Crippen LogP contribution < -0.4 is 0 Å². The fourth-order valence-corrected chi connectivity index (χ4v) is 2.39. The molecule has 4 nitrogen and oxygen atoms in total. The molecule has 1 rings (SSSR count). The number of carbonyl (C=O) groups excluding carboxylic acids is 1. The van der Waals surface area contributed by atoms with Gasteiger partial charge in [-0.25, -0.2) is 4.39 Å². The van der Waals surface area contributed by atoms with Crippen molar-refractivity contribution in [3.05, 3.63) is 35.1 Å². The summed E-state index contributed by atoms with van der Waals surface area (Å²) in [4.78, 5) is 11.8. The Bertz CT molecular complexity index is 548. The van der Waals surface area contributed by atoms with Crippen molar-refractivity contribution in [2.24, 2.45) is 0 Å². The number of Topliss-reactive ketones (excluding diaryl/α,β-unsaturated/α-hetero) is 1. The van der Waals surface area contributed by atoms with Crippen molar-refractivity contribution in [1.82, 2.24) is 0 Å². The third kappa shape index (κ3) is 3.88. The van der Waals surface area contributed by atoms with Crippen LogP contribution in [0.5, 0.6) is 0 Å². The second-order valence-corrected chi connectivity index (χ2v) is 6.01. The summed E-state index contributed by atoms with van der Waals surface area (Å²) >= 11 is 0. The van der Waals surface area contributed by atoms with Gasteiger partial charge in [0.1, 0.15) is 12.0 Å². The second-order valence-electron chi connectivity index (χ2n) is 3.75. The number of hydrogen-bond donors (Lipinski definition) is 0. The quantitative estimate of drug-likeness (QED) is 0.474. The molecule has 0 aliphatic heterocycles. The lowest BCUT2D eigenvalue weighted by atomic mass is 10.0. The molecule has 0 spiro atoms. The van der Waals surface area contributed by atoms with Crippen LogP contribution in [-0.4, -0.2) is 26.2 Å². The van der Waals surface area contributed by atoms with Gasteiger partial charge in [0.15, 0.2) is 5.78 Å². The van der Waals surface area contributed by atoms with Gasteiger partial charge in [0.25, 0.3) is 0 Å². The number of ketones is 1. The summed E-state index contributed by atoms with van der Waals surface area (Å²) in [7, 11) is -1.84. The number of rotatable bonds is 5. The number of hydrogen-bond acceptors (Lipinski definition) is 4. The minimum Gasteiger partial charge on any atom is -0.312 e. The van der Waals surface area contributed by atoms with Crippen LogP contribution in [0.4, 0.5) is 17.6 Å². The molecular formula is C11H11F4O4P. The second kappa shape index (κ2) is 6.03. The molecule has 1 aromatic rings. The van der Waals surface area contributed by atoms with E-state index < -0.39 is 42.7 Å². The summed E-state index contributed by atoms with van der Waals surface area (Å²) in [5, 5.41) is 0. The highest BCUT2D eigenvalue weighted by atomic mass is 31.2. The maximum atomic E-state index is 13.0. The van der Waals surface area contributed by atoms with Crippen molar-refractivity contribution in [3.8, 4) is 0 Å². The molecule has 0 radical (unpaired) electrons. The van der Waals surface area contributed by atoms with Crippen LogP contribution in [0, 0.1) is 5.82 Å². The highest BCUT2D eigenvalue weighted by Crippen LogP contribution is 2.47. The van der Waals surface area contributed by atoms with Crippen molar-refractivity contribution in [2.45, 2.75) is 6.18 Å². The molecule has 112 valence electrons. The average molecular weight is 314 g/mol. The van der Waals surface area contributed by atoms with Gasteiger partial charge in [0.2, 0.25) is 0 Å². The molecule has 0 aliphatic carbocycles. The van der Waals surface area contributed by atoms with Gasteiger partial charge in [-0.3, -0.25) is 9.36 Å². The Morgan fingerprint density at radius 2 is 1.80 bits per heavy atom. The molecule has 9 heteroatoms. The van der Waals surface area contributed by atoms with Gasteiger partial charge in [0.05, 0.1) is 5.56 Å². The van der Waals surface area contributed by atoms with E-state index in [1.165, 1.54) is 0 Å². The van der Waals surface area contributed by atoms with Crippen molar-refractivity contribution in [2.75, 3.05) is 20.4 Å². The molecule has 0 heterocycles. The van der Waals surface area contributed by atoms with E-state index in [9.17, 15) is 26.9 Å². The van der Waals surface area contributed by atoms with Gasteiger partial charge >= 0.3 is 13.8 Å². The molecule has 0 unspecified atom stereocenters. The summed E-state index contributed by atoms with van der Waals surface area (Å²) in [6, 6.07) is 1.49. The normalized spacial score (nSPS) is 12.5. The van der Waals surface area contributed by atoms with E-state index >= 15 is 0 Å². The van der Waals surface area contributed by atoms with Gasteiger partial charge in [-0.2, -0.15) is 13.2 Å². The molecule has 0 bridgehead atoms. The standard InChI is InChI=1S/C11H11F4O4P/c1-18-20(17,19-2)6-10(16)8-5-7(12)3-4-9(8)11(13,14)15/h3-5H,6H2,1-2H3. The Hall–Kier alpha value is -1.24. The molecule has 0 aliphatic rings. The van der Waals surface area contributed by atoms with Crippen LogP contribution in [-0.2, 0) is 19.8 Å². The Labute approximate surface area is 112 Å². The highest BCUT2D eigenvalue weighted by Gasteiger charge is 2.37. The van der Waals surface area contributed by atoms with E-state index in [0.29, 0.717) is 18.2 Å².